The highest BCUT2D eigenvalue weighted by molar-refractivity contribution is 5.87. The monoisotopic (exact) mass is 189 g/mol. The van der Waals surface area contributed by atoms with Crippen molar-refractivity contribution in [2.24, 2.45) is 0 Å². The van der Waals surface area contributed by atoms with Crippen LogP contribution in [0.1, 0.15) is 19.4 Å². The van der Waals surface area contributed by atoms with Gasteiger partial charge in [-0.3, -0.25) is 4.79 Å². The molecule has 0 aliphatic heterocycles. The van der Waals surface area contributed by atoms with Crippen molar-refractivity contribution in [2.75, 3.05) is 0 Å². The Bertz CT molecular complexity index is 323. The molecule has 1 aromatic rings. The summed E-state index contributed by atoms with van der Waals surface area (Å²) in [5, 5.41) is 2.81. The first-order chi connectivity index (χ1) is 6.68. The fourth-order valence-electron chi connectivity index (χ4n) is 1.10. The zero-order valence-corrected chi connectivity index (χ0v) is 8.58. The lowest BCUT2D eigenvalue weighted by Gasteiger charge is -2.02. The lowest BCUT2D eigenvalue weighted by Crippen LogP contribution is -2.20. The summed E-state index contributed by atoms with van der Waals surface area (Å²) in [4.78, 5) is 11.2. The molecule has 2 heteroatoms. The molecule has 0 spiro atoms. The summed E-state index contributed by atoms with van der Waals surface area (Å²) < 4.78 is 0. The molecule has 1 amide bonds. The minimum Gasteiger partial charge on any atom is -0.348 e. The predicted molar refractivity (Wildman–Crippen MR) is 57.7 cm³/mol. The van der Waals surface area contributed by atoms with E-state index in [1.54, 1.807) is 6.08 Å². The zero-order valence-electron chi connectivity index (χ0n) is 8.58. The van der Waals surface area contributed by atoms with Crippen LogP contribution in [0, 0.1) is 0 Å². The SMILES string of the molecule is CC(C)=CC(=O)NCc1ccccc1. The summed E-state index contributed by atoms with van der Waals surface area (Å²) in [7, 11) is 0. The number of nitrogens with one attached hydrogen (secondary N) is 1. The van der Waals surface area contributed by atoms with Crippen LogP contribution >= 0.6 is 0 Å². The van der Waals surface area contributed by atoms with Crippen molar-refractivity contribution >= 4 is 5.91 Å². The first-order valence-corrected chi connectivity index (χ1v) is 4.65. The Morgan fingerprint density at radius 3 is 2.50 bits per heavy atom. The van der Waals surface area contributed by atoms with E-state index < -0.39 is 0 Å². The van der Waals surface area contributed by atoms with Crippen LogP contribution in [0.5, 0.6) is 0 Å². The summed E-state index contributed by atoms with van der Waals surface area (Å²) in [5.41, 5.74) is 2.12. The molecular formula is C12H15NO. The summed E-state index contributed by atoms with van der Waals surface area (Å²) in [6, 6.07) is 9.86. The van der Waals surface area contributed by atoms with Gasteiger partial charge in [0, 0.05) is 12.6 Å². The first kappa shape index (κ1) is 10.5. The number of hydrogen-bond acceptors (Lipinski definition) is 1. The van der Waals surface area contributed by atoms with Gasteiger partial charge in [0.1, 0.15) is 0 Å². The number of benzene rings is 1. The largest absolute Gasteiger partial charge is 0.348 e. The van der Waals surface area contributed by atoms with Gasteiger partial charge in [-0.1, -0.05) is 35.9 Å². The standard InChI is InChI=1S/C12H15NO/c1-10(2)8-12(14)13-9-11-6-4-3-5-7-11/h3-8H,9H2,1-2H3,(H,13,14). The van der Waals surface area contributed by atoms with E-state index in [1.165, 1.54) is 0 Å². The molecule has 1 rings (SSSR count). The van der Waals surface area contributed by atoms with Gasteiger partial charge in [0.2, 0.25) is 5.91 Å². The van der Waals surface area contributed by atoms with Crippen molar-refractivity contribution in [3.63, 3.8) is 0 Å². The van der Waals surface area contributed by atoms with Crippen LogP contribution in [0.3, 0.4) is 0 Å². The molecule has 14 heavy (non-hydrogen) atoms. The molecule has 0 fully saturated rings. The summed E-state index contributed by atoms with van der Waals surface area (Å²) in [5.74, 6) is -0.0335. The number of hydrogen-bond donors (Lipinski definition) is 1. The third-order valence-corrected chi connectivity index (χ3v) is 1.73. The van der Waals surface area contributed by atoms with Crippen molar-refractivity contribution in [1.29, 1.82) is 0 Å². The topological polar surface area (TPSA) is 29.1 Å². The summed E-state index contributed by atoms with van der Waals surface area (Å²) >= 11 is 0. The van der Waals surface area contributed by atoms with Gasteiger partial charge < -0.3 is 5.32 Å². The van der Waals surface area contributed by atoms with Crippen LogP contribution < -0.4 is 5.32 Å². The Morgan fingerprint density at radius 2 is 1.93 bits per heavy atom. The van der Waals surface area contributed by atoms with Crippen LogP contribution in [0.2, 0.25) is 0 Å². The fraction of sp³-hybridized carbons (Fsp3) is 0.250. The van der Waals surface area contributed by atoms with Gasteiger partial charge >= 0.3 is 0 Å². The van der Waals surface area contributed by atoms with Crippen LogP contribution in [0.15, 0.2) is 42.0 Å². The highest BCUT2D eigenvalue weighted by Crippen LogP contribution is 1.97. The lowest BCUT2D eigenvalue weighted by molar-refractivity contribution is -0.116. The molecule has 0 aliphatic rings. The van der Waals surface area contributed by atoms with Crippen molar-refractivity contribution in [2.45, 2.75) is 20.4 Å². The van der Waals surface area contributed by atoms with E-state index in [9.17, 15) is 4.79 Å². The summed E-state index contributed by atoms with van der Waals surface area (Å²) in [6.45, 7) is 4.40. The van der Waals surface area contributed by atoms with Gasteiger partial charge in [0.25, 0.3) is 0 Å². The number of allylic oxidation sites excluding steroid dienone is 1. The molecule has 0 saturated carbocycles. The van der Waals surface area contributed by atoms with E-state index in [1.807, 2.05) is 44.2 Å². The van der Waals surface area contributed by atoms with E-state index in [-0.39, 0.29) is 5.91 Å². The van der Waals surface area contributed by atoms with Gasteiger partial charge in [0.05, 0.1) is 0 Å². The van der Waals surface area contributed by atoms with Gasteiger partial charge in [-0.25, -0.2) is 0 Å². The van der Waals surface area contributed by atoms with Crippen LogP contribution in [0.4, 0.5) is 0 Å². The minimum absolute atomic E-state index is 0.0335. The molecule has 0 atom stereocenters. The zero-order chi connectivity index (χ0) is 10.4. The number of carbonyl (C=O) groups excluding carboxylic acids is 1. The molecule has 0 aromatic heterocycles. The van der Waals surface area contributed by atoms with Gasteiger partial charge in [-0.15, -0.1) is 0 Å². The molecule has 2 nitrogen and oxygen atoms in total. The number of carbonyl (C=O) groups is 1. The average Bonchev–Trinajstić information content (AvgIpc) is 2.15. The third-order valence-electron chi connectivity index (χ3n) is 1.73. The second kappa shape index (κ2) is 5.22. The normalized spacial score (nSPS) is 9.29. The minimum atomic E-state index is -0.0335. The van der Waals surface area contributed by atoms with E-state index in [2.05, 4.69) is 5.32 Å². The second-order valence-electron chi connectivity index (χ2n) is 3.43. The maximum Gasteiger partial charge on any atom is 0.244 e. The Kier molecular flexibility index (Phi) is 3.92. The predicted octanol–water partition coefficient (Wildman–Crippen LogP) is 2.27. The van der Waals surface area contributed by atoms with Gasteiger partial charge in [-0.2, -0.15) is 0 Å². The van der Waals surface area contributed by atoms with Crippen molar-refractivity contribution in [1.82, 2.24) is 5.32 Å². The molecule has 0 bridgehead atoms. The van der Waals surface area contributed by atoms with Crippen molar-refractivity contribution in [3.8, 4) is 0 Å². The summed E-state index contributed by atoms with van der Waals surface area (Å²) in [6.07, 6.45) is 1.60. The van der Waals surface area contributed by atoms with E-state index >= 15 is 0 Å². The number of rotatable bonds is 3. The molecule has 0 saturated heterocycles. The van der Waals surface area contributed by atoms with E-state index in [4.69, 9.17) is 0 Å². The van der Waals surface area contributed by atoms with Crippen LogP contribution in [0.25, 0.3) is 0 Å². The average molecular weight is 189 g/mol. The van der Waals surface area contributed by atoms with Crippen molar-refractivity contribution in [3.05, 3.63) is 47.5 Å². The highest BCUT2D eigenvalue weighted by atomic mass is 16.1. The lowest BCUT2D eigenvalue weighted by atomic mass is 10.2. The Morgan fingerprint density at radius 1 is 1.29 bits per heavy atom. The molecule has 1 aromatic carbocycles. The first-order valence-electron chi connectivity index (χ1n) is 4.65. The Hall–Kier alpha value is -1.57. The molecule has 0 radical (unpaired) electrons. The Labute approximate surface area is 84.6 Å². The maximum absolute atomic E-state index is 11.2. The van der Waals surface area contributed by atoms with Gasteiger partial charge in [0.15, 0.2) is 0 Å². The molecular weight excluding hydrogens is 174 g/mol. The van der Waals surface area contributed by atoms with E-state index in [0.717, 1.165) is 11.1 Å². The molecule has 0 unspecified atom stereocenters. The molecule has 1 N–H and O–H groups in total. The molecule has 74 valence electrons. The smallest absolute Gasteiger partial charge is 0.244 e. The third kappa shape index (κ3) is 3.90. The molecule has 0 heterocycles. The van der Waals surface area contributed by atoms with E-state index in [0.29, 0.717) is 6.54 Å². The van der Waals surface area contributed by atoms with Crippen LogP contribution in [-0.4, -0.2) is 5.91 Å². The van der Waals surface area contributed by atoms with Gasteiger partial charge in [-0.05, 0) is 19.4 Å². The second-order valence-corrected chi connectivity index (χ2v) is 3.43. The van der Waals surface area contributed by atoms with Crippen LogP contribution in [-0.2, 0) is 11.3 Å². The maximum atomic E-state index is 11.2. The number of amides is 1. The quantitative estimate of drug-likeness (QED) is 0.726. The Balaban J connectivity index is 2.42. The molecule has 0 aliphatic carbocycles. The fourth-order valence-corrected chi connectivity index (χ4v) is 1.10. The van der Waals surface area contributed by atoms with Crippen molar-refractivity contribution < 1.29 is 4.79 Å². The highest BCUT2D eigenvalue weighted by Gasteiger charge is 1.95.